The molecule has 2 aromatic rings. The van der Waals surface area contributed by atoms with Crippen molar-refractivity contribution in [3.8, 4) is 0 Å². The van der Waals surface area contributed by atoms with Crippen LogP contribution in [0.2, 0.25) is 0 Å². The van der Waals surface area contributed by atoms with Crippen LogP contribution in [0.3, 0.4) is 0 Å². The first-order valence-electron chi connectivity index (χ1n) is 9.26. The average Bonchev–Trinajstić information content (AvgIpc) is 3.25. The zero-order valence-electron chi connectivity index (χ0n) is 16.3. The third-order valence-electron chi connectivity index (χ3n) is 4.82. The van der Waals surface area contributed by atoms with Crippen LogP contribution in [0.15, 0.2) is 22.5 Å². The Morgan fingerprint density at radius 2 is 2.22 bits per heavy atom. The van der Waals surface area contributed by atoms with Gasteiger partial charge >= 0.3 is 0 Å². The largest absolute Gasteiger partial charge is 0.356 e. The summed E-state index contributed by atoms with van der Waals surface area (Å²) in [5, 5.41) is 10.2. The quantitative estimate of drug-likeness (QED) is 0.344. The second-order valence-electron chi connectivity index (χ2n) is 6.88. The highest BCUT2D eigenvalue weighted by Crippen LogP contribution is 2.20. The smallest absolute Gasteiger partial charge is 0.191 e. The number of piperidine rings is 1. The van der Waals surface area contributed by atoms with Crippen LogP contribution in [-0.2, 0) is 13.1 Å². The van der Waals surface area contributed by atoms with E-state index < -0.39 is 0 Å². The van der Waals surface area contributed by atoms with Gasteiger partial charge in [0, 0.05) is 36.4 Å². The van der Waals surface area contributed by atoms with Crippen molar-refractivity contribution < 1.29 is 0 Å². The lowest BCUT2D eigenvalue weighted by Crippen LogP contribution is -2.44. The van der Waals surface area contributed by atoms with E-state index in [0.717, 1.165) is 42.8 Å². The Kier molecular flexibility index (Phi) is 9.47. The third kappa shape index (κ3) is 6.99. The summed E-state index contributed by atoms with van der Waals surface area (Å²) < 4.78 is 0. The van der Waals surface area contributed by atoms with Crippen LogP contribution in [-0.4, -0.2) is 42.5 Å². The first-order chi connectivity index (χ1) is 12.6. The molecular weight excluding hydrogens is 489 g/mol. The predicted molar refractivity (Wildman–Crippen MR) is 128 cm³/mol. The number of likely N-dealkylation sites (tertiary alicyclic amines) is 1. The number of aryl methyl sites for hydroxylation is 2. The Hall–Kier alpha value is -0.710. The third-order valence-corrected chi connectivity index (χ3v) is 6.76. The van der Waals surface area contributed by atoms with Crippen molar-refractivity contribution in [1.29, 1.82) is 0 Å². The summed E-state index contributed by atoms with van der Waals surface area (Å²) in [5.74, 6) is 1.54. The van der Waals surface area contributed by atoms with Gasteiger partial charge in [0.25, 0.3) is 0 Å². The Morgan fingerprint density at radius 1 is 1.37 bits per heavy atom. The van der Waals surface area contributed by atoms with Crippen LogP contribution < -0.4 is 10.6 Å². The van der Waals surface area contributed by atoms with Crippen LogP contribution in [0.1, 0.15) is 33.3 Å². The molecule has 27 heavy (non-hydrogen) atoms. The Balaban J connectivity index is 0.00000261. The van der Waals surface area contributed by atoms with Gasteiger partial charge in [-0.15, -0.1) is 46.7 Å². The van der Waals surface area contributed by atoms with E-state index in [1.165, 1.54) is 29.1 Å². The van der Waals surface area contributed by atoms with E-state index in [4.69, 9.17) is 0 Å². The molecule has 5 nitrogen and oxygen atoms in total. The number of thiazole rings is 1. The minimum Gasteiger partial charge on any atom is -0.356 e. The fraction of sp³-hybridized carbons (Fsp3) is 0.579. The zero-order chi connectivity index (χ0) is 18.4. The van der Waals surface area contributed by atoms with Gasteiger partial charge in [-0.05, 0) is 50.6 Å². The number of aliphatic imine (C=N–C) groups is 1. The molecule has 3 rings (SSSR count). The molecule has 0 saturated carbocycles. The molecule has 0 amide bonds. The molecule has 1 atom stereocenters. The second-order valence-corrected chi connectivity index (χ2v) is 9.20. The summed E-state index contributed by atoms with van der Waals surface area (Å²) in [4.78, 5) is 14.3. The fourth-order valence-electron chi connectivity index (χ4n) is 3.32. The predicted octanol–water partition coefficient (Wildman–Crippen LogP) is 4.02. The van der Waals surface area contributed by atoms with E-state index in [1.807, 2.05) is 18.4 Å². The lowest BCUT2D eigenvalue weighted by atomic mass is 9.98. The maximum atomic E-state index is 4.58. The number of hydrogen-bond donors (Lipinski definition) is 2. The lowest BCUT2D eigenvalue weighted by molar-refractivity contribution is 0.169. The van der Waals surface area contributed by atoms with Crippen LogP contribution in [0.25, 0.3) is 0 Å². The number of guanidine groups is 1. The maximum Gasteiger partial charge on any atom is 0.191 e. The standard InChI is InChI=1S/C19H29N5S2.HI/c1-14-15(2)26-18(23-14)11-22-19(20-3)21-10-16-6-4-8-24(12-16)13-17-7-5-9-25-17;/h5,7,9,16H,4,6,8,10-13H2,1-3H3,(H2,20,21,22);1H. The fourth-order valence-corrected chi connectivity index (χ4v) is 4.94. The summed E-state index contributed by atoms with van der Waals surface area (Å²) >= 11 is 3.61. The average molecular weight is 520 g/mol. The minimum absolute atomic E-state index is 0. The number of thiophene rings is 1. The summed E-state index contributed by atoms with van der Waals surface area (Å²) in [6.07, 6.45) is 2.57. The molecule has 0 aliphatic carbocycles. The van der Waals surface area contributed by atoms with Gasteiger partial charge in [0.15, 0.2) is 5.96 Å². The van der Waals surface area contributed by atoms with Crippen molar-refractivity contribution in [2.75, 3.05) is 26.7 Å². The Labute approximate surface area is 187 Å². The molecule has 150 valence electrons. The number of aromatic nitrogens is 1. The monoisotopic (exact) mass is 519 g/mol. The molecule has 0 spiro atoms. The number of rotatable bonds is 6. The van der Waals surface area contributed by atoms with Crippen molar-refractivity contribution in [2.24, 2.45) is 10.9 Å². The van der Waals surface area contributed by atoms with E-state index in [0.29, 0.717) is 5.92 Å². The van der Waals surface area contributed by atoms with E-state index in [-0.39, 0.29) is 24.0 Å². The van der Waals surface area contributed by atoms with Gasteiger partial charge in [0.05, 0.1) is 12.2 Å². The molecule has 1 aliphatic heterocycles. The van der Waals surface area contributed by atoms with Crippen molar-refractivity contribution in [3.05, 3.63) is 38.0 Å². The molecule has 0 radical (unpaired) electrons. The number of nitrogens with zero attached hydrogens (tertiary/aromatic N) is 3. The Bertz CT molecular complexity index is 694. The summed E-state index contributed by atoms with van der Waals surface area (Å²) in [6.45, 7) is 9.34. The topological polar surface area (TPSA) is 52.6 Å². The highest BCUT2D eigenvalue weighted by Gasteiger charge is 2.20. The summed E-state index contributed by atoms with van der Waals surface area (Å²) in [5.41, 5.74) is 1.13. The summed E-state index contributed by atoms with van der Waals surface area (Å²) in [7, 11) is 1.83. The molecule has 1 unspecified atom stereocenters. The number of nitrogens with one attached hydrogen (secondary N) is 2. The molecule has 2 aromatic heterocycles. The Morgan fingerprint density at radius 3 is 2.89 bits per heavy atom. The van der Waals surface area contributed by atoms with E-state index in [1.54, 1.807) is 11.3 Å². The van der Waals surface area contributed by atoms with Crippen LogP contribution in [0, 0.1) is 19.8 Å². The number of halogens is 1. The highest BCUT2D eigenvalue weighted by molar-refractivity contribution is 14.0. The molecule has 2 N–H and O–H groups in total. The van der Waals surface area contributed by atoms with Gasteiger partial charge < -0.3 is 10.6 Å². The molecule has 1 saturated heterocycles. The zero-order valence-corrected chi connectivity index (χ0v) is 20.3. The van der Waals surface area contributed by atoms with Crippen LogP contribution >= 0.6 is 46.7 Å². The van der Waals surface area contributed by atoms with Crippen molar-refractivity contribution in [2.45, 2.75) is 39.8 Å². The molecule has 0 aromatic carbocycles. The lowest BCUT2D eigenvalue weighted by Gasteiger charge is -2.32. The van der Waals surface area contributed by atoms with E-state index >= 15 is 0 Å². The molecule has 8 heteroatoms. The van der Waals surface area contributed by atoms with Crippen LogP contribution in [0.4, 0.5) is 0 Å². The molecule has 1 fully saturated rings. The highest BCUT2D eigenvalue weighted by atomic mass is 127. The SMILES string of the molecule is CN=C(NCc1nc(C)c(C)s1)NCC1CCCN(Cc2cccs2)C1.I. The first kappa shape index (κ1) is 22.6. The van der Waals surface area contributed by atoms with Gasteiger partial charge in [-0.2, -0.15) is 0 Å². The van der Waals surface area contributed by atoms with E-state index in [2.05, 4.69) is 56.9 Å². The van der Waals surface area contributed by atoms with Crippen molar-refractivity contribution in [1.82, 2.24) is 20.5 Å². The minimum atomic E-state index is 0. The molecule has 3 heterocycles. The van der Waals surface area contributed by atoms with Gasteiger partial charge in [-0.3, -0.25) is 9.89 Å². The van der Waals surface area contributed by atoms with Gasteiger partial charge in [0.1, 0.15) is 5.01 Å². The maximum absolute atomic E-state index is 4.58. The normalized spacial score (nSPS) is 18.2. The molecular formula is C19H30IN5S2. The summed E-state index contributed by atoms with van der Waals surface area (Å²) in [6, 6.07) is 4.38. The van der Waals surface area contributed by atoms with Gasteiger partial charge in [0.2, 0.25) is 0 Å². The molecule has 0 bridgehead atoms. The van der Waals surface area contributed by atoms with E-state index in [9.17, 15) is 0 Å². The van der Waals surface area contributed by atoms with Gasteiger partial charge in [-0.25, -0.2) is 4.98 Å². The van der Waals surface area contributed by atoms with Crippen molar-refractivity contribution >= 4 is 52.6 Å². The second kappa shape index (κ2) is 11.3. The van der Waals surface area contributed by atoms with Crippen LogP contribution in [0.5, 0.6) is 0 Å². The number of hydrogen-bond acceptors (Lipinski definition) is 5. The van der Waals surface area contributed by atoms with Crippen molar-refractivity contribution in [3.63, 3.8) is 0 Å². The van der Waals surface area contributed by atoms with Gasteiger partial charge in [-0.1, -0.05) is 6.07 Å². The first-order valence-corrected chi connectivity index (χ1v) is 11.0. The molecule has 1 aliphatic rings.